The lowest BCUT2D eigenvalue weighted by atomic mass is 10.0. The third-order valence-corrected chi connectivity index (χ3v) is 5.34. The van der Waals surface area contributed by atoms with E-state index in [1.54, 1.807) is 28.9 Å². The minimum Gasteiger partial charge on any atom is -0.508 e. The van der Waals surface area contributed by atoms with E-state index in [0.29, 0.717) is 16.4 Å². The highest BCUT2D eigenvalue weighted by Gasteiger charge is 2.26. The first-order valence-electron chi connectivity index (χ1n) is 8.61. The van der Waals surface area contributed by atoms with Crippen LogP contribution in [-0.4, -0.2) is 31.1 Å². The highest BCUT2D eigenvalue weighted by atomic mass is 32.2. The van der Waals surface area contributed by atoms with Gasteiger partial charge in [0.05, 0.1) is 5.69 Å². The Hall–Kier alpha value is -3.45. The molecule has 28 heavy (non-hydrogen) atoms. The van der Waals surface area contributed by atoms with Gasteiger partial charge < -0.3 is 5.11 Å². The Morgan fingerprint density at radius 2 is 1.54 bits per heavy atom. The number of ketones is 1. The highest BCUT2D eigenvalue weighted by Crippen LogP contribution is 2.37. The van der Waals surface area contributed by atoms with Gasteiger partial charge in [-0.05, 0) is 40.3 Å². The number of hydrogen-bond donors (Lipinski definition) is 1. The smallest absolute Gasteiger partial charge is 0.215 e. The molecule has 0 amide bonds. The van der Waals surface area contributed by atoms with E-state index < -0.39 is 5.25 Å². The molecule has 0 aliphatic heterocycles. The second-order valence-electron chi connectivity index (χ2n) is 6.03. The minimum atomic E-state index is -0.495. The van der Waals surface area contributed by atoms with Gasteiger partial charge in [0.25, 0.3) is 0 Å². The van der Waals surface area contributed by atoms with E-state index in [-0.39, 0.29) is 11.5 Å². The molecule has 0 saturated heterocycles. The molecule has 1 aromatic heterocycles. The van der Waals surface area contributed by atoms with Gasteiger partial charge in [0.1, 0.15) is 11.0 Å². The molecule has 1 N–H and O–H groups in total. The molecule has 7 heteroatoms. The summed E-state index contributed by atoms with van der Waals surface area (Å²) >= 11 is 1.29. The Bertz CT molecular complexity index is 1070. The lowest BCUT2D eigenvalue weighted by Crippen LogP contribution is -2.11. The number of carbonyl (C=O) groups excluding carboxylic acids is 1. The van der Waals surface area contributed by atoms with E-state index in [2.05, 4.69) is 15.5 Å². The molecule has 6 nitrogen and oxygen atoms in total. The zero-order valence-electron chi connectivity index (χ0n) is 14.7. The van der Waals surface area contributed by atoms with Gasteiger partial charge in [-0.25, -0.2) is 0 Å². The van der Waals surface area contributed by atoms with E-state index in [0.717, 1.165) is 5.56 Å². The first-order valence-corrected chi connectivity index (χ1v) is 9.49. The van der Waals surface area contributed by atoms with Crippen molar-refractivity contribution in [3.05, 3.63) is 96.1 Å². The third-order valence-electron chi connectivity index (χ3n) is 4.16. The van der Waals surface area contributed by atoms with E-state index in [1.807, 2.05) is 60.7 Å². The molecule has 0 aliphatic carbocycles. The molecule has 4 aromatic rings. The molecule has 0 radical (unpaired) electrons. The summed E-state index contributed by atoms with van der Waals surface area (Å²) in [6, 6.07) is 25.3. The van der Waals surface area contributed by atoms with Crippen molar-refractivity contribution in [1.82, 2.24) is 20.2 Å². The summed E-state index contributed by atoms with van der Waals surface area (Å²) < 4.78 is 1.55. The van der Waals surface area contributed by atoms with Crippen LogP contribution in [0.3, 0.4) is 0 Å². The fourth-order valence-corrected chi connectivity index (χ4v) is 3.84. The third kappa shape index (κ3) is 3.79. The van der Waals surface area contributed by atoms with Gasteiger partial charge in [0.15, 0.2) is 5.78 Å². The van der Waals surface area contributed by atoms with Crippen molar-refractivity contribution < 1.29 is 9.90 Å². The number of aromatic nitrogens is 4. The van der Waals surface area contributed by atoms with E-state index in [9.17, 15) is 9.90 Å². The fourth-order valence-electron chi connectivity index (χ4n) is 2.77. The van der Waals surface area contributed by atoms with Gasteiger partial charge in [-0.15, -0.1) is 5.10 Å². The topological polar surface area (TPSA) is 80.9 Å². The van der Waals surface area contributed by atoms with Crippen molar-refractivity contribution in [1.29, 1.82) is 0 Å². The molecule has 0 spiro atoms. The standard InChI is InChI=1S/C21H16N4O2S/c26-18-13-11-17(12-14-18)25-21(22-23-24-25)28-20(16-9-5-2-6-10-16)19(27)15-7-3-1-4-8-15/h1-14,20,26H/t20-/m0/s1. The molecular weight excluding hydrogens is 372 g/mol. The van der Waals surface area contributed by atoms with Crippen LogP contribution in [0.1, 0.15) is 21.2 Å². The first kappa shape index (κ1) is 17.9. The predicted octanol–water partition coefficient (Wildman–Crippen LogP) is 4.08. The SMILES string of the molecule is O=C(c1ccccc1)[C@@H](Sc1nnnn1-c1ccc(O)cc1)c1ccccc1. The summed E-state index contributed by atoms with van der Waals surface area (Å²) in [6.07, 6.45) is 0. The number of nitrogens with zero attached hydrogens (tertiary/aromatic N) is 4. The average Bonchev–Trinajstić information content (AvgIpc) is 3.21. The fraction of sp³-hybridized carbons (Fsp3) is 0.0476. The molecule has 0 fully saturated rings. The number of hydrogen-bond acceptors (Lipinski definition) is 6. The number of Topliss-reactive ketones (excluding diaryl/α,β-unsaturated/α-hetero) is 1. The maximum absolute atomic E-state index is 13.2. The molecule has 1 atom stereocenters. The van der Waals surface area contributed by atoms with Crippen LogP contribution in [0.15, 0.2) is 90.1 Å². The summed E-state index contributed by atoms with van der Waals surface area (Å²) in [5, 5.41) is 21.4. The van der Waals surface area contributed by atoms with Crippen molar-refractivity contribution in [2.24, 2.45) is 0 Å². The number of phenols is 1. The average molecular weight is 388 g/mol. The molecule has 3 aromatic carbocycles. The van der Waals surface area contributed by atoms with Crippen LogP contribution in [0, 0.1) is 0 Å². The number of carbonyl (C=O) groups is 1. The van der Waals surface area contributed by atoms with Crippen LogP contribution in [0.4, 0.5) is 0 Å². The van der Waals surface area contributed by atoms with Gasteiger partial charge >= 0.3 is 0 Å². The van der Waals surface area contributed by atoms with Crippen LogP contribution in [0.2, 0.25) is 0 Å². The summed E-state index contributed by atoms with van der Waals surface area (Å²) in [5.74, 6) is 0.143. The van der Waals surface area contributed by atoms with Crippen molar-refractivity contribution in [3.63, 3.8) is 0 Å². The minimum absolute atomic E-state index is 0.0166. The van der Waals surface area contributed by atoms with Crippen molar-refractivity contribution in [2.45, 2.75) is 10.4 Å². The van der Waals surface area contributed by atoms with Gasteiger partial charge in [-0.2, -0.15) is 4.68 Å². The Balaban J connectivity index is 1.71. The van der Waals surface area contributed by atoms with Gasteiger partial charge in [-0.1, -0.05) is 72.4 Å². The summed E-state index contributed by atoms with van der Waals surface area (Å²) in [7, 11) is 0. The number of phenolic OH excluding ortho intramolecular Hbond substituents is 1. The van der Waals surface area contributed by atoms with Gasteiger partial charge in [0.2, 0.25) is 5.16 Å². The van der Waals surface area contributed by atoms with E-state index >= 15 is 0 Å². The molecule has 0 aliphatic rings. The number of aromatic hydroxyl groups is 1. The lowest BCUT2D eigenvalue weighted by Gasteiger charge is -2.15. The predicted molar refractivity (Wildman–Crippen MR) is 107 cm³/mol. The Morgan fingerprint density at radius 3 is 2.21 bits per heavy atom. The molecule has 1 heterocycles. The molecule has 0 saturated carbocycles. The van der Waals surface area contributed by atoms with Crippen LogP contribution >= 0.6 is 11.8 Å². The number of benzene rings is 3. The summed E-state index contributed by atoms with van der Waals surface area (Å²) in [6.45, 7) is 0. The molecule has 4 rings (SSSR count). The van der Waals surface area contributed by atoms with Crippen LogP contribution in [0.5, 0.6) is 5.75 Å². The maximum atomic E-state index is 13.2. The largest absolute Gasteiger partial charge is 0.508 e. The number of tetrazole rings is 1. The zero-order chi connectivity index (χ0) is 19.3. The number of rotatable bonds is 6. The molecular formula is C21H16N4O2S. The van der Waals surface area contributed by atoms with Crippen LogP contribution in [-0.2, 0) is 0 Å². The summed E-state index contributed by atoms with van der Waals surface area (Å²) in [4.78, 5) is 13.2. The van der Waals surface area contributed by atoms with Crippen molar-refractivity contribution >= 4 is 17.5 Å². The lowest BCUT2D eigenvalue weighted by molar-refractivity contribution is 0.0989. The monoisotopic (exact) mass is 388 g/mol. The van der Waals surface area contributed by atoms with Crippen LogP contribution in [0.25, 0.3) is 5.69 Å². The molecule has 0 bridgehead atoms. The van der Waals surface area contributed by atoms with E-state index in [4.69, 9.17) is 0 Å². The van der Waals surface area contributed by atoms with Gasteiger partial charge in [0, 0.05) is 5.56 Å². The Kier molecular flexibility index (Phi) is 5.16. The van der Waals surface area contributed by atoms with Crippen LogP contribution < -0.4 is 0 Å². The van der Waals surface area contributed by atoms with E-state index in [1.165, 1.54) is 11.8 Å². The summed E-state index contributed by atoms with van der Waals surface area (Å²) in [5.41, 5.74) is 2.21. The highest BCUT2D eigenvalue weighted by molar-refractivity contribution is 8.00. The normalized spacial score (nSPS) is 11.9. The Morgan fingerprint density at radius 1 is 0.893 bits per heavy atom. The first-order chi connectivity index (χ1) is 13.7. The second-order valence-corrected chi connectivity index (χ2v) is 7.10. The second kappa shape index (κ2) is 8.06. The molecule has 0 unspecified atom stereocenters. The molecule has 138 valence electrons. The quantitative estimate of drug-likeness (QED) is 0.396. The van der Waals surface area contributed by atoms with Crippen molar-refractivity contribution in [3.8, 4) is 11.4 Å². The number of thioether (sulfide) groups is 1. The zero-order valence-corrected chi connectivity index (χ0v) is 15.5. The Labute approximate surface area is 165 Å². The van der Waals surface area contributed by atoms with Crippen molar-refractivity contribution in [2.75, 3.05) is 0 Å². The maximum Gasteiger partial charge on any atom is 0.215 e. The van der Waals surface area contributed by atoms with Gasteiger partial charge in [-0.3, -0.25) is 4.79 Å².